The zero-order chi connectivity index (χ0) is 13.4. The van der Waals surface area contributed by atoms with Gasteiger partial charge in [0.2, 0.25) is 0 Å². The highest BCUT2D eigenvalue weighted by Gasteiger charge is 2.17. The predicted molar refractivity (Wildman–Crippen MR) is 79.1 cm³/mol. The van der Waals surface area contributed by atoms with E-state index in [-0.39, 0.29) is 0 Å². The van der Waals surface area contributed by atoms with Crippen molar-refractivity contribution >= 4 is 11.6 Å². The summed E-state index contributed by atoms with van der Waals surface area (Å²) in [6.07, 6.45) is 0. The van der Waals surface area contributed by atoms with Crippen LogP contribution in [0.3, 0.4) is 0 Å². The Morgan fingerprint density at radius 1 is 1.06 bits per heavy atom. The lowest BCUT2D eigenvalue weighted by atomic mass is 10.2. The van der Waals surface area contributed by atoms with Crippen LogP contribution in [-0.4, -0.2) is 44.1 Å². The molecule has 0 amide bonds. The van der Waals surface area contributed by atoms with E-state index in [2.05, 4.69) is 39.1 Å². The van der Waals surface area contributed by atoms with Gasteiger partial charge in [-0.3, -0.25) is 4.99 Å². The molecule has 0 radical (unpaired) electrons. The highest BCUT2D eigenvalue weighted by Crippen LogP contribution is 2.15. The number of guanidine groups is 1. The van der Waals surface area contributed by atoms with Crippen LogP contribution in [0.1, 0.15) is 13.8 Å². The van der Waals surface area contributed by atoms with Gasteiger partial charge >= 0.3 is 0 Å². The van der Waals surface area contributed by atoms with Gasteiger partial charge in [0.25, 0.3) is 0 Å². The number of nitrogens with zero attached hydrogens (tertiary/aromatic N) is 3. The number of piperazine rings is 1. The third-order valence-electron chi connectivity index (χ3n) is 2.95. The molecular formula is C14H24N4. The van der Waals surface area contributed by atoms with Crippen LogP contribution in [0.2, 0.25) is 0 Å². The summed E-state index contributed by atoms with van der Waals surface area (Å²) in [6.45, 7) is 7.89. The maximum atomic E-state index is 5.79. The Bertz CT molecular complexity index is 353. The van der Waals surface area contributed by atoms with E-state index in [1.54, 1.807) is 7.05 Å². The zero-order valence-electron chi connectivity index (χ0n) is 11.6. The van der Waals surface area contributed by atoms with E-state index in [0.29, 0.717) is 5.96 Å². The van der Waals surface area contributed by atoms with E-state index in [1.807, 2.05) is 19.9 Å². The molecule has 1 aliphatic heterocycles. The van der Waals surface area contributed by atoms with Crippen molar-refractivity contribution in [2.75, 3.05) is 38.1 Å². The van der Waals surface area contributed by atoms with Crippen molar-refractivity contribution in [3.05, 3.63) is 30.3 Å². The molecule has 100 valence electrons. The monoisotopic (exact) mass is 248 g/mol. The van der Waals surface area contributed by atoms with Crippen LogP contribution in [0.4, 0.5) is 5.69 Å². The molecule has 4 nitrogen and oxygen atoms in total. The number of aliphatic imine (C=N–C) groups is 1. The third kappa shape index (κ3) is 3.65. The average Bonchev–Trinajstić information content (AvgIpc) is 2.49. The lowest BCUT2D eigenvalue weighted by molar-refractivity contribution is 0.381. The minimum atomic E-state index is 0.646. The van der Waals surface area contributed by atoms with Gasteiger partial charge in [-0.1, -0.05) is 32.0 Å². The molecule has 1 saturated heterocycles. The van der Waals surface area contributed by atoms with Gasteiger partial charge in [-0.05, 0) is 12.1 Å². The second kappa shape index (κ2) is 7.58. The largest absolute Gasteiger partial charge is 0.370 e. The molecule has 0 spiro atoms. The van der Waals surface area contributed by atoms with Gasteiger partial charge in [0.1, 0.15) is 0 Å². The number of para-hydroxylation sites is 1. The molecule has 0 aliphatic carbocycles. The first-order chi connectivity index (χ1) is 8.81. The van der Waals surface area contributed by atoms with Gasteiger partial charge in [-0.2, -0.15) is 0 Å². The summed E-state index contributed by atoms with van der Waals surface area (Å²) in [6, 6.07) is 10.5. The van der Waals surface area contributed by atoms with Crippen molar-refractivity contribution in [2.24, 2.45) is 10.7 Å². The van der Waals surface area contributed by atoms with Crippen molar-refractivity contribution in [1.29, 1.82) is 0 Å². The molecule has 0 aromatic heterocycles. The van der Waals surface area contributed by atoms with Gasteiger partial charge < -0.3 is 15.5 Å². The van der Waals surface area contributed by atoms with Crippen LogP contribution >= 0.6 is 0 Å². The van der Waals surface area contributed by atoms with E-state index in [1.165, 1.54) is 5.69 Å². The maximum Gasteiger partial charge on any atom is 0.191 e. The van der Waals surface area contributed by atoms with Gasteiger partial charge in [-0.25, -0.2) is 0 Å². The van der Waals surface area contributed by atoms with Crippen molar-refractivity contribution in [2.45, 2.75) is 13.8 Å². The summed E-state index contributed by atoms with van der Waals surface area (Å²) in [4.78, 5) is 8.51. The number of hydrogen-bond acceptors (Lipinski definition) is 2. The van der Waals surface area contributed by atoms with Crippen LogP contribution in [0.25, 0.3) is 0 Å². The number of nitrogens with two attached hydrogens (primary N) is 1. The fourth-order valence-corrected chi connectivity index (χ4v) is 1.97. The van der Waals surface area contributed by atoms with E-state index >= 15 is 0 Å². The van der Waals surface area contributed by atoms with E-state index in [9.17, 15) is 0 Å². The summed E-state index contributed by atoms with van der Waals surface area (Å²) >= 11 is 0. The number of hydrogen-bond donors (Lipinski definition) is 1. The molecule has 18 heavy (non-hydrogen) atoms. The Balaban J connectivity index is 0.000000771. The van der Waals surface area contributed by atoms with Crippen LogP contribution in [0.5, 0.6) is 0 Å². The first-order valence-corrected chi connectivity index (χ1v) is 6.58. The van der Waals surface area contributed by atoms with Crippen LogP contribution in [0, 0.1) is 0 Å². The van der Waals surface area contributed by atoms with Crippen molar-refractivity contribution < 1.29 is 0 Å². The van der Waals surface area contributed by atoms with Crippen molar-refractivity contribution in [1.82, 2.24) is 4.90 Å². The molecule has 1 aromatic carbocycles. The first-order valence-electron chi connectivity index (χ1n) is 6.58. The minimum Gasteiger partial charge on any atom is -0.370 e. The Morgan fingerprint density at radius 2 is 1.61 bits per heavy atom. The Morgan fingerprint density at radius 3 is 2.11 bits per heavy atom. The molecule has 2 N–H and O–H groups in total. The highest BCUT2D eigenvalue weighted by atomic mass is 15.3. The molecule has 1 aliphatic rings. The lowest BCUT2D eigenvalue weighted by Gasteiger charge is -2.36. The number of rotatable bonds is 1. The smallest absolute Gasteiger partial charge is 0.191 e. The topological polar surface area (TPSA) is 44.9 Å². The van der Waals surface area contributed by atoms with Gasteiger partial charge in [0, 0.05) is 38.9 Å². The maximum absolute atomic E-state index is 5.79. The van der Waals surface area contributed by atoms with Gasteiger partial charge in [0.15, 0.2) is 5.96 Å². The van der Waals surface area contributed by atoms with E-state index < -0.39 is 0 Å². The van der Waals surface area contributed by atoms with Crippen LogP contribution in [0.15, 0.2) is 35.3 Å². The molecule has 2 rings (SSSR count). The van der Waals surface area contributed by atoms with E-state index in [4.69, 9.17) is 5.73 Å². The predicted octanol–water partition coefficient (Wildman–Crippen LogP) is 1.78. The third-order valence-corrected chi connectivity index (χ3v) is 2.95. The molecule has 0 bridgehead atoms. The molecule has 0 saturated carbocycles. The lowest BCUT2D eigenvalue weighted by Crippen LogP contribution is -2.51. The van der Waals surface area contributed by atoms with Gasteiger partial charge in [0.05, 0.1) is 0 Å². The normalized spacial score (nSPS) is 16.1. The highest BCUT2D eigenvalue weighted by molar-refractivity contribution is 5.78. The second-order valence-corrected chi connectivity index (χ2v) is 3.89. The quantitative estimate of drug-likeness (QED) is 0.608. The first kappa shape index (κ1) is 14.4. The molecule has 0 atom stereocenters. The molecular weight excluding hydrogens is 224 g/mol. The molecule has 0 unspecified atom stereocenters. The number of benzene rings is 1. The fraction of sp³-hybridized carbons (Fsp3) is 0.500. The van der Waals surface area contributed by atoms with E-state index in [0.717, 1.165) is 26.2 Å². The zero-order valence-corrected chi connectivity index (χ0v) is 11.6. The molecule has 1 aromatic rings. The summed E-state index contributed by atoms with van der Waals surface area (Å²) in [5, 5.41) is 0. The molecule has 1 heterocycles. The molecule has 1 fully saturated rings. The van der Waals surface area contributed by atoms with Crippen molar-refractivity contribution in [3.63, 3.8) is 0 Å². The minimum absolute atomic E-state index is 0.646. The summed E-state index contributed by atoms with van der Waals surface area (Å²) < 4.78 is 0. The summed E-state index contributed by atoms with van der Waals surface area (Å²) in [7, 11) is 1.74. The molecule has 4 heteroatoms. The Labute approximate surface area is 110 Å². The SMILES string of the molecule is CC.CN=C(N)N1CCN(c2ccccc2)CC1. The fourth-order valence-electron chi connectivity index (χ4n) is 1.97. The van der Waals surface area contributed by atoms with Crippen molar-refractivity contribution in [3.8, 4) is 0 Å². The van der Waals surface area contributed by atoms with Gasteiger partial charge in [-0.15, -0.1) is 0 Å². The average molecular weight is 248 g/mol. The van der Waals surface area contributed by atoms with Crippen LogP contribution in [-0.2, 0) is 0 Å². The summed E-state index contributed by atoms with van der Waals surface area (Å²) in [5.74, 6) is 0.646. The summed E-state index contributed by atoms with van der Waals surface area (Å²) in [5.41, 5.74) is 7.08. The standard InChI is InChI=1S/C12H18N4.C2H6/c1-14-12(13)16-9-7-15(8-10-16)11-5-3-2-4-6-11;1-2/h2-6H,7-10H2,1H3,(H2,13,14);1-2H3. The Kier molecular flexibility index (Phi) is 6.05. The van der Waals surface area contributed by atoms with Crippen LogP contribution < -0.4 is 10.6 Å². The Hall–Kier alpha value is -1.71. The second-order valence-electron chi connectivity index (χ2n) is 3.89. The number of anilines is 1.